The molecular formula is C22H22F3N5O2. The minimum atomic E-state index is -1.31. The lowest BCUT2D eigenvalue weighted by molar-refractivity contribution is 0.174. The zero-order valence-electron chi connectivity index (χ0n) is 17.8. The smallest absolute Gasteiger partial charge is 0.416 e. The molecule has 32 heavy (non-hydrogen) atoms. The van der Waals surface area contributed by atoms with Crippen molar-refractivity contribution in [2.45, 2.75) is 45.3 Å². The van der Waals surface area contributed by atoms with E-state index < -0.39 is 35.9 Å². The number of imidazole rings is 1. The van der Waals surface area contributed by atoms with E-state index in [-0.39, 0.29) is 30.1 Å². The Balaban J connectivity index is 1.57. The third-order valence-electron chi connectivity index (χ3n) is 5.45. The number of nitrogens with zero attached hydrogens (tertiary/aromatic N) is 5. The van der Waals surface area contributed by atoms with Crippen LogP contribution in [0.15, 0.2) is 36.9 Å². The normalized spacial score (nSPS) is 18.0. The average Bonchev–Trinajstić information content (AvgIpc) is 3.35. The summed E-state index contributed by atoms with van der Waals surface area (Å²) in [5.74, 6) is -1.09. The minimum Gasteiger partial charge on any atom is -0.447 e. The van der Waals surface area contributed by atoms with Crippen molar-refractivity contribution in [3.05, 3.63) is 65.6 Å². The lowest BCUT2D eigenvalue weighted by Crippen LogP contribution is -2.39. The average molecular weight is 445 g/mol. The second kappa shape index (κ2) is 8.60. The molecule has 0 saturated carbocycles. The van der Waals surface area contributed by atoms with Crippen LogP contribution in [0.25, 0.3) is 5.69 Å². The van der Waals surface area contributed by atoms with Crippen molar-refractivity contribution in [1.29, 1.82) is 0 Å². The van der Waals surface area contributed by atoms with Gasteiger partial charge in [-0.2, -0.15) is 0 Å². The molecule has 3 heterocycles. The molecule has 1 aliphatic rings. The highest BCUT2D eigenvalue weighted by Crippen LogP contribution is 2.28. The van der Waals surface area contributed by atoms with E-state index in [1.54, 1.807) is 20.0 Å². The van der Waals surface area contributed by atoms with Crippen molar-refractivity contribution in [2.75, 3.05) is 11.5 Å². The largest absolute Gasteiger partial charge is 0.447 e. The zero-order chi connectivity index (χ0) is 23.0. The number of carbonyl (C=O) groups excluding carboxylic acids is 1. The van der Waals surface area contributed by atoms with Gasteiger partial charge in [0.25, 0.3) is 0 Å². The summed E-state index contributed by atoms with van der Waals surface area (Å²) in [7, 11) is 0. The number of amides is 1. The summed E-state index contributed by atoms with van der Waals surface area (Å²) < 4.78 is 49.8. The van der Waals surface area contributed by atoms with Crippen LogP contribution in [0.5, 0.6) is 0 Å². The van der Waals surface area contributed by atoms with E-state index in [1.807, 2.05) is 0 Å². The first-order valence-electron chi connectivity index (χ1n) is 10.2. The second-order valence-electron chi connectivity index (χ2n) is 7.88. The van der Waals surface area contributed by atoms with Crippen LogP contribution >= 0.6 is 0 Å². The molecule has 0 unspecified atom stereocenters. The Kier molecular flexibility index (Phi) is 5.86. The third kappa shape index (κ3) is 4.17. The number of alkyl halides is 1. The molecule has 168 valence electrons. The molecule has 1 amide bonds. The number of anilines is 1. The van der Waals surface area contributed by atoms with Gasteiger partial charge < -0.3 is 9.30 Å². The van der Waals surface area contributed by atoms with Gasteiger partial charge in [0.15, 0.2) is 0 Å². The van der Waals surface area contributed by atoms with Crippen LogP contribution in [0.2, 0.25) is 0 Å². The monoisotopic (exact) mass is 445 g/mol. The first-order chi connectivity index (χ1) is 15.2. The van der Waals surface area contributed by atoms with Crippen LogP contribution in [-0.2, 0) is 11.2 Å². The summed E-state index contributed by atoms with van der Waals surface area (Å²) in [5, 5.41) is 0. The summed E-state index contributed by atoms with van der Waals surface area (Å²) in [5.41, 5.74) is 0.926. The van der Waals surface area contributed by atoms with Gasteiger partial charge in [-0.1, -0.05) is 6.92 Å². The maximum atomic E-state index is 14.8. The van der Waals surface area contributed by atoms with Crippen LogP contribution in [0.4, 0.5) is 23.8 Å². The molecule has 1 saturated heterocycles. The second-order valence-corrected chi connectivity index (χ2v) is 7.88. The fourth-order valence-corrected chi connectivity index (χ4v) is 3.72. The molecule has 1 aromatic carbocycles. The quantitative estimate of drug-likeness (QED) is 0.566. The number of aromatic nitrogens is 4. The van der Waals surface area contributed by atoms with E-state index in [4.69, 9.17) is 4.74 Å². The van der Waals surface area contributed by atoms with Gasteiger partial charge in [-0.15, -0.1) is 0 Å². The molecule has 2 aromatic heterocycles. The van der Waals surface area contributed by atoms with Gasteiger partial charge in [-0.3, -0.25) is 4.90 Å². The zero-order valence-corrected chi connectivity index (χ0v) is 17.8. The summed E-state index contributed by atoms with van der Waals surface area (Å²) >= 11 is 0. The number of hydrogen-bond donors (Lipinski definition) is 0. The minimum absolute atomic E-state index is 0.0660. The van der Waals surface area contributed by atoms with E-state index in [2.05, 4.69) is 15.0 Å². The van der Waals surface area contributed by atoms with E-state index in [0.29, 0.717) is 11.5 Å². The van der Waals surface area contributed by atoms with Crippen molar-refractivity contribution < 1.29 is 22.7 Å². The predicted octanol–water partition coefficient (Wildman–Crippen LogP) is 4.28. The lowest BCUT2D eigenvalue weighted by atomic mass is 9.96. The van der Waals surface area contributed by atoms with Crippen LogP contribution in [0, 0.1) is 18.6 Å². The Morgan fingerprint density at radius 2 is 2.00 bits per heavy atom. The van der Waals surface area contributed by atoms with Crippen LogP contribution in [0.3, 0.4) is 0 Å². The predicted molar refractivity (Wildman–Crippen MR) is 111 cm³/mol. The molecule has 1 aliphatic heterocycles. The number of carbonyl (C=O) groups is 1. The third-order valence-corrected chi connectivity index (χ3v) is 5.45. The molecule has 1 fully saturated rings. The number of hydrogen-bond acceptors (Lipinski definition) is 5. The maximum Gasteiger partial charge on any atom is 0.416 e. The highest BCUT2D eigenvalue weighted by molar-refractivity contribution is 5.89. The molecular weight excluding hydrogens is 423 g/mol. The highest BCUT2D eigenvalue weighted by Gasteiger charge is 2.39. The highest BCUT2D eigenvalue weighted by atomic mass is 19.1. The number of rotatable bonds is 6. The molecule has 0 N–H and O–H groups in total. The molecule has 0 spiro atoms. The molecule has 3 aromatic rings. The molecule has 10 heteroatoms. The summed E-state index contributed by atoms with van der Waals surface area (Å²) in [6.45, 7) is 4.76. The summed E-state index contributed by atoms with van der Waals surface area (Å²) in [6, 6.07) is 2.99. The molecule has 0 aliphatic carbocycles. The maximum absolute atomic E-state index is 14.8. The van der Waals surface area contributed by atoms with Crippen LogP contribution < -0.4 is 4.90 Å². The number of ether oxygens (including phenoxy) is 1. The van der Waals surface area contributed by atoms with E-state index in [1.165, 1.54) is 30.1 Å². The lowest BCUT2D eigenvalue weighted by Gasteiger charge is -2.22. The number of aryl methyl sites for hydroxylation is 1. The van der Waals surface area contributed by atoms with E-state index in [9.17, 15) is 18.0 Å². The van der Waals surface area contributed by atoms with Gasteiger partial charge in [0.05, 0.1) is 17.7 Å². The van der Waals surface area contributed by atoms with Crippen LogP contribution in [0.1, 0.15) is 36.8 Å². The Hall–Kier alpha value is -3.43. The SMILES string of the molecule is Cc1cn(-c2cc(F)c([C@H](C)Cc3nccc(N4C(=O)OC[C@@H]4[C@H](C)F)n3)cc2F)cn1. The van der Waals surface area contributed by atoms with Crippen molar-refractivity contribution in [3.8, 4) is 5.69 Å². The van der Waals surface area contributed by atoms with Crippen molar-refractivity contribution in [1.82, 2.24) is 19.5 Å². The van der Waals surface area contributed by atoms with Gasteiger partial charge >= 0.3 is 6.09 Å². The van der Waals surface area contributed by atoms with Gasteiger partial charge in [-0.05, 0) is 37.5 Å². The Morgan fingerprint density at radius 1 is 1.22 bits per heavy atom. The van der Waals surface area contributed by atoms with E-state index >= 15 is 0 Å². The Labute approximate surface area is 182 Å². The van der Waals surface area contributed by atoms with Crippen molar-refractivity contribution in [3.63, 3.8) is 0 Å². The molecule has 4 rings (SSSR count). The first kappa shape index (κ1) is 21.8. The summed E-state index contributed by atoms with van der Waals surface area (Å²) in [4.78, 5) is 25.8. The standard InChI is InChI=1S/C22H22F3N5O2/c1-12(15-7-17(25)18(8-16(15)24)29-9-13(2)27-11-29)6-20-26-5-4-21(28-20)30-19(14(3)23)10-32-22(30)31/h4-5,7-9,11-12,14,19H,6,10H2,1-3H3/t12-,14+,19-/m1/s1. The van der Waals surface area contributed by atoms with Crippen LogP contribution in [-0.4, -0.2) is 44.4 Å². The molecule has 0 radical (unpaired) electrons. The van der Waals surface area contributed by atoms with Gasteiger partial charge in [0.2, 0.25) is 0 Å². The Morgan fingerprint density at radius 3 is 2.69 bits per heavy atom. The van der Waals surface area contributed by atoms with Gasteiger partial charge in [-0.25, -0.2) is 32.9 Å². The Bertz CT molecular complexity index is 1150. The van der Waals surface area contributed by atoms with Gasteiger partial charge in [0.1, 0.15) is 42.1 Å². The van der Waals surface area contributed by atoms with Gasteiger partial charge in [0, 0.05) is 24.9 Å². The summed E-state index contributed by atoms with van der Waals surface area (Å²) in [6.07, 6.45) is 2.66. The first-order valence-corrected chi connectivity index (χ1v) is 10.2. The molecule has 3 atom stereocenters. The number of benzene rings is 1. The van der Waals surface area contributed by atoms with E-state index in [0.717, 1.165) is 17.0 Å². The molecule has 0 bridgehead atoms. The topological polar surface area (TPSA) is 73.1 Å². The van der Waals surface area contributed by atoms with Crippen molar-refractivity contribution >= 4 is 11.9 Å². The number of cyclic esters (lactones) is 1. The number of halogens is 3. The fourth-order valence-electron chi connectivity index (χ4n) is 3.72. The molecule has 7 nitrogen and oxygen atoms in total. The fraction of sp³-hybridized carbons (Fsp3) is 0.364. The van der Waals surface area contributed by atoms with Crippen molar-refractivity contribution in [2.24, 2.45) is 0 Å².